The molecule has 0 saturated carbocycles. The third-order valence-corrected chi connectivity index (χ3v) is 3.11. The molecule has 17 heavy (non-hydrogen) atoms. The number of carboxylic acids is 1. The van der Waals surface area contributed by atoms with E-state index in [2.05, 4.69) is 4.90 Å². The van der Waals surface area contributed by atoms with Gasteiger partial charge in [-0.3, -0.25) is 4.90 Å². The van der Waals surface area contributed by atoms with Gasteiger partial charge in [0.15, 0.2) is 0 Å². The van der Waals surface area contributed by atoms with Crippen molar-refractivity contribution in [2.45, 2.75) is 25.6 Å². The maximum atomic E-state index is 13.6. The summed E-state index contributed by atoms with van der Waals surface area (Å²) < 4.78 is 13.6. The van der Waals surface area contributed by atoms with Crippen molar-refractivity contribution in [3.05, 3.63) is 35.4 Å². The van der Waals surface area contributed by atoms with Crippen molar-refractivity contribution in [3.8, 4) is 0 Å². The quantitative estimate of drug-likeness (QED) is 0.877. The van der Waals surface area contributed by atoms with Crippen LogP contribution >= 0.6 is 0 Å². The van der Waals surface area contributed by atoms with E-state index >= 15 is 0 Å². The third-order valence-electron chi connectivity index (χ3n) is 3.11. The number of nitrogens with zero attached hydrogens (tertiary/aromatic N) is 1. The van der Waals surface area contributed by atoms with E-state index in [0.717, 1.165) is 12.1 Å². The molecule has 1 saturated heterocycles. The van der Waals surface area contributed by atoms with E-state index in [0.29, 0.717) is 19.5 Å². The molecule has 1 fully saturated rings. The summed E-state index contributed by atoms with van der Waals surface area (Å²) in [6, 6.07) is 6.75. The normalized spacial score (nSPS) is 25.1. The Labute approximate surface area is 99.9 Å². The van der Waals surface area contributed by atoms with Crippen LogP contribution < -0.4 is 0 Å². The lowest BCUT2D eigenvalue weighted by molar-refractivity contribution is 0.0697. The van der Waals surface area contributed by atoms with Gasteiger partial charge in [0.25, 0.3) is 0 Å². The summed E-state index contributed by atoms with van der Waals surface area (Å²) in [6.07, 6.45) is 0.570. The molecule has 0 radical (unpaired) electrons. The monoisotopic (exact) mass is 237 g/mol. The standard InChI is InChI=1S/C13H16FNO2/c1-13(14)6-7-15(9-13)8-10-2-4-11(5-3-10)12(16)17/h2-5H,6-9H2,1H3,(H,16,17). The molecule has 0 spiro atoms. The first kappa shape index (κ1) is 12.0. The number of alkyl halides is 1. The molecule has 92 valence electrons. The number of carboxylic acid groups (broad SMARTS) is 1. The molecule has 1 heterocycles. The second-order valence-corrected chi connectivity index (χ2v) is 4.88. The van der Waals surface area contributed by atoms with Crippen molar-refractivity contribution >= 4 is 5.97 Å². The Kier molecular flexibility index (Phi) is 3.15. The summed E-state index contributed by atoms with van der Waals surface area (Å²) >= 11 is 0. The molecular formula is C13H16FNO2. The molecular weight excluding hydrogens is 221 g/mol. The Morgan fingerprint density at radius 1 is 1.47 bits per heavy atom. The Morgan fingerprint density at radius 2 is 2.12 bits per heavy atom. The summed E-state index contributed by atoms with van der Waals surface area (Å²) in [5, 5.41) is 8.77. The van der Waals surface area contributed by atoms with Gasteiger partial charge in [0.2, 0.25) is 0 Å². The number of aromatic carboxylic acids is 1. The second-order valence-electron chi connectivity index (χ2n) is 4.88. The molecule has 2 rings (SSSR count). The molecule has 0 aromatic heterocycles. The Bertz CT molecular complexity index is 414. The number of likely N-dealkylation sites (tertiary alicyclic amines) is 1. The number of carbonyl (C=O) groups is 1. The van der Waals surface area contributed by atoms with Crippen molar-refractivity contribution < 1.29 is 14.3 Å². The first-order valence-electron chi connectivity index (χ1n) is 5.70. The van der Waals surface area contributed by atoms with E-state index in [1.807, 2.05) is 0 Å². The van der Waals surface area contributed by atoms with Crippen molar-refractivity contribution in [1.29, 1.82) is 0 Å². The lowest BCUT2D eigenvalue weighted by Gasteiger charge is -2.17. The minimum absolute atomic E-state index is 0.283. The fourth-order valence-corrected chi connectivity index (χ4v) is 2.16. The highest BCUT2D eigenvalue weighted by molar-refractivity contribution is 5.87. The molecule has 0 aliphatic carbocycles. The summed E-state index contributed by atoms with van der Waals surface area (Å²) in [4.78, 5) is 12.7. The van der Waals surface area contributed by atoms with E-state index in [9.17, 15) is 9.18 Å². The summed E-state index contributed by atoms with van der Waals surface area (Å²) in [5.41, 5.74) is 0.222. The first-order chi connectivity index (χ1) is 7.96. The zero-order chi connectivity index (χ0) is 12.5. The van der Waals surface area contributed by atoms with Crippen LogP contribution in [0.5, 0.6) is 0 Å². The molecule has 1 aliphatic rings. The molecule has 3 nitrogen and oxygen atoms in total. The van der Waals surface area contributed by atoms with Crippen LogP contribution in [-0.4, -0.2) is 34.7 Å². The smallest absolute Gasteiger partial charge is 0.335 e. The maximum Gasteiger partial charge on any atom is 0.335 e. The van der Waals surface area contributed by atoms with Gasteiger partial charge in [0, 0.05) is 19.6 Å². The Hall–Kier alpha value is -1.42. The molecule has 1 N–H and O–H groups in total. The lowest BCUT2D eigenvalue weighted by atomic mass is 10.1. The minimum atomic E-state index is -1.08. The van der Waals surface area contributed by atoms with Crippen molar-refractivity contribution in [1.82, 2.24) is 4.90 Å². The second kappa shape index (κ2) is 4.45. The van der Waals surface area contributed by atoms with E-state index < -0.39 is 11.6 Å². The molecule has 0 amide bonds. The van der Waals surface area contributed by atoms with Gasteiger partial charge < -0.3 is 5.11 Å². The van der Waals surface area contributed by atoms with Crippen LogP contribution in [0.3, 0.4) is 0 Å². The minimum Gasteiger partial charge on any atom is -0.478 e. The van der Waals surface area contributed by atoms with Gasteiger partial charge in [-0.2, -0.15) is 0 Å². The summed E-state index contributed by atoms with van der Waals surface area (Å²) in [5.74, 6) is -0.922. The first-order valence-corrected chi connectivity index (χ1v) is 5.70. The van der Waals surface area contributed by atoms with Gasteiger partial charge in [0.1, 0.15) is 5.67 Å². The zero-order valence-electron chi connectivity index (χ0n) is 9.82. The number of halogens is 1. The van der Waals surface area contributed by atoms with Crippen LogP contribution in [0.2, 0.25) is 0 Å². The molecule has 0 bridgehead atoms. The number of benzene rings is 1. The van der Waals surface area contributed by atoms with Gasteiger partial charge in [-0.15, -0.1) is 0 Å². The average Bonchev–Trinajstić information content (AvgIpc) is 2.59. The largest absolute Gasteiger partial charge is 0.478 e. The summed E-state index contributed by atoms with van der Waals surface area (Å²) in [7, 11) is 0. The molecule has 1 unspecified atom stereocenters. The fourth-order valence-electron chi connectivity index (χ4n) is 2.16. The maximum absolute atomic E-state index is 13.6. The van der Waals surface area contributed by atoms with Crippen LogP contribution in [0.1, 0.15) is 29.3 Å². The SMILES string of the molecule is CC1(F)CCN(Cc2ccc(C(=O)O)cc2)C1. The van der Waals surface area contributed by atoms with Gasteiger partial charge >= 0.3 is 5.97 Å². The fraction of sp³-hybridized carbons (Fsp3) is 0.462. The van der Waals surface area contributed by atoms with E-state index in [-0.39, 0.29) is 5.56 Å². The van der Waals surface area contributed by atoms with Crippen LogP contribution in [0.25, 0.3) is 0 Å². The van der Waals surface area contributed by atoms with Crippen molar-refractivity contribution in [3.63, 3.8) is 0 Å². The topological polar surface area (TPSA) is 40.5 Å². The molecule has 1 aliphatic heterocycles. The predicted molar refractivity (Wildman–Crippen MR) is 62.8 cm³/mol. The van der Waals surface area contributed by atoms with Crippen LogP contribution in [0.4, 0.5) is 4.39 Å². The molecule has 1 aromatic rings. The van der Waals surface area contributed by atoms with Crippen LogP contribution in [-0.2, 0) is 6.54 Å². The highest BCUT2D eigenvalue weighted by atomic mass is 19.1. The molecule has 1 aromatic carbocycles. The number of hydrogen-bond acceptors (Lipinski definition) is 2. The van der Waals surface area contributed by atoms with Gasteiger partial charge in [-0.25, -0.2) is 9.18 Å². The van der Waals surface area contributed by atoms with E-state index in [1.165, 1.54) is 0 Å². The third kappa shape index (κ3) is 3.03. The predicted octanol–water partition coefficient (Wildman–Crippen LogP) is 2.32. The van der Waals surface area contributed by atoms with Crippen LogP contribution in [0, 0.1) is 0 Å². The average molecular weight is 237 g/mol. The van der Waals surface area contributed by atoms with Gasteiger partial charge in [-0.1, -0.05) is 12.1 Å². The van der Waals surface area contributed by atoms with E-state index in [1.54, 1.807) is 31.2 Å². The van der Waals surface area contributed by atoms with Crippen molar-refractivity contribution in [2.24, 2.45) is 0 Å². The van der Waals surface area contributed by atoms with E-state index in [4.69, 9.17) is 5.11 Å². The number of hydrogen-bond donors (Lipinski definition) is 1. The van der Waals surface area contributed by atoms with Crippen LogP contribution in [0.15, 0.2) is 24.3 Å². The lowest BCUT2D eigenvalue weighted by Crippen LogP contribution is -2.25. The Balaban J connectivity index is 1.98. The van der Waals surface area contributed by atoms with Crippen molar-refractivity contribution in [2.75, 3.05) is 13.1 Å². The zero-order valence-corrected chi connectivity index (χ0v) is 9.82. The van der Waals surface area contributed by atoms with Gasteiger partial charge in [0.05, 0.1) is 5.56 Å². The highest BCUT2D eigenvalue weighted by Crippen LogP contribution is 2.25. The van der Waals surface area contributed by atoms with Gasteiger partial charge in [-0.05, 0) is 31.0 Å². The Morgan fingerprint density at radius 3 is 2.59 bits per heavy atom. The molecule has 1 atom stereocenters. The number of rotatable bonds is 3. The molecule has 4 heteroatoms. The summed E-state index contributed by atoms with van der Waals surface area (Å²) in [6.45, 7) is 3.52. The highest BCUT2D eigenvalue weighted by Gasteiger charge is 2.33.